The molecule has 2 amide bonds. The smallest absolute Gasteiger partial charge is 0.318 e. The van der Waals surface area contributed by atoms with Crippen molar-refractivity contribution in [3.63, 3.8) is 0 Å². The Kier molecular flexibility index (Phi) is 5.75. The molecule has 21 heavy (non-hydrogen) atoms. The quantitative estimate of drug-likeness (QED) is 0.501. The van der Waals surface area contributed by atoms with Gasteiger partial charge in [0, 0.05) is 16.4 Å². The van der Waals surface area contributed by atoms with E-state index in [2.05, 4.69) is 15.8 Å². The van der Waals surface area contributed by atoms with Crippen LogP contribution in [0.3, 0.4) is 0 Å². The lowest BCUT2D eigenvalue weighted by Gasteiger charge is -2.05. The van der Waals surface area contributed by atoms with Crippen molar-refractivity contribution in [3.05, 3.63) is 29.3 Å². The monoisotopic (exact) mass is 307 g/mol. The third-order valence-electron chi connectivity index (χ3n) is 3.30. The first-order valence-electron chi connectivity index (χ1n) is 7.07. The number of hydrogen-bond donors (Lipinski definition) is 2. The van der Waals surface area contributed by atoms with Crippen LogP contribution in [-0.4, -0.2) is 17.5 Å². The summed E-state index contributed by atoms with van der Waals surface area (Å²) in [6.45, 7) is 0. The Bertz CT molecular complexity index is 530. The number of halogens is 1. The highest BCUT2D eigenvalue weighted by Crippen LogP contribution is 2.15. The van der Waals surface area contributed by atoms with Gasteiger partial charge in [-0.3, -0.25) is 9.59 Å². The van der Waals surface area contributed by atoms with E-state index >= 15 is 0 Å². The Labute approximate surface area is 128 Å². The summed E-state index contributed by atoms with van der Waals surface area (Å²) < 4.78 is 0. The van der Waals surface area contributed by atoms with Gasteiger partial charge in [-0.15, -0.1) is 0 Å². The number of nitrogens with one attached hydrogen (secondary N) is 2. The number of benzene rings is 1. The van der Waals surface area contributed by atoms with E-state index in [0.717, 1.165) is 31.4 Å². The molecule has 2 rings (SSSR count). The van der Waals surface area contributed by atoms with Crippen LogP contribution in [0.25, 0.3) is 0 Å². The summed E-state index contributed by atoms with van der Waals surface area (Å²) in [6, 6.07) is 6.54. The van der Waals surface area contributed by atoms with Crippen LogP contribution in [0.4, 0.5) is 5.69 Å². The van der Waals surface area contributed by atoms with Gasteiger partial charge in [0.25, 0.3) is 0 Å². The number of amides is 2. The van der Waals surface area contributed by atoms with Gasteiger partial charge in [0.05, 0.1) is 0 Å². The van der Waals surface area contributed by atoms with E-state index in [1.165, 1.54) is 12.8 Å². The van der Waals surface area contributed by atoms with Crippen molar-refractivity contribution < 1.29 is 9.59 Å². The average molecular weight is 308 g/mol. The van der Waals surface area contributed by atoms with Crippen LogP contribution >= 0.6 is 11.6 Å². The summed E-state index contributed by atoms with van der Waals surface area (Å²) in [5.74, 6) is -1.50. The molecule has 0 spiro atoms. The molecule has 5 nitrogen and oxygen atoms in total. The molecule has 0 saturated heterocycles. The summed E-state index contributed by atoms with van der Waals surface area (Å²) >= 11 is 5.75. The second kappa shape index (κ2) is 7.78. The molecule has 0 aromatic heterocycles. The zero-order valence-corrected chi connectivity index (χ0v) is 12.4. The number of hydrazone groups is 1. The first kappa shape index (κ1) is 15.5. The number of carbonyl (C=O) groups is 2. The molecule has 1 saturated carbocycles. The fourth-order valence-corrected chi connectivity index (χ4v) is 2.28. The number of nitrogens with zero attached hydrogens (tertiary/aromatic N) is 1. The molecule has 0 heterocycles. The molecule has 0 aliphatic heterocycles. The van der Waals surface area contributed by atoms with Gasteiger partial charge >= 0.3 is 11.8 Å². The molecule has 1 aromatic carbocycles. The Hall–Kier alpha value is -1.88. The molecule has 0 unspecified atom stereocenters. The first-order valence-corrected chi connectivity index (χ1v) is 7.45. The predicted octanol–water partition coefficient (Wildman–Crippen LogP) is 3.10. The lowest BCUT2D eigenvalue weighted by atomic mass is 10.2. The number of rotatable bonds is 2. The van der Waals surface area contributed by atoms with Crippen LogP contribution < -0.4 is 10.7 Å². The van der Waals surface area contributed by atoms with Crippen LogP contribution in [0.2, 0.25) is 5.02 Å². The molecule has 2 N–H and O–H groups in total. The molecule has 1 aliphatic rings. The zero-order valence-electron chi connectivity index (χ0n) is 11.7. The SMILES string of the molecule is O=C(NN=C1CCCCCC1)C(=O)Nc1ccc(Cl)cc1. The largest absolute Gasteiger partial charge is 0.329 e. The van der Waals surface area contributed by atoms with Gasteiger partial charge in [0.15, 0.2) is 0 Å². The maximum atomic E-state index is 11.7. The van der Waals surface area contributed by atoms with Crippen LogP contribution in [0.1, 0.15) is 38.5 Å². The van der Waals surface area contributed by atoms with Crippen LogP contribution in [-0.2, 0) is 9.59 Å². The van der Waals surface area contributed by atoms with Gasteiger partial charge in [0.1, 0.15) is 0 Å². The standard InChI is InChI=1S/C15H18ClN3O2/c16-11-7-9-12(10-8-11)17-14(20)15(21)19-18-13-5-3-1-2-4-6-13/h7-10H,1-6H2,(H,17,20)(H,19,21). The minimum Gasteiger partial charge on any atom is -0.318 e. The maximum absolute atomic E-state index is 11.7. The molecule has 0 bridgehead atoms. The van der Waals surface area contributed by atoms with Gasteiger partial charge < -0.3 is 5.32 Å². The van der Waals surface area contributed by atoms with E-state index in [1.54, 1.807) is 24.3 Å². The van der Waals surface area contributed by atoms with Crippen molar-refractivity contribution in [3.8, 4) is 0 Å². The number of anilines is 1. The van der Waals surface area contributed by atoms with Crippen LogP contribution in [0, 0.1) is 0 Å². The van der Waals surface area contributed by atoms with E-state index in [9.17, 15) is 9.59 Å². The molecular formula is C15H18ClN3O2. The molecule has 0 atom stereocenters. The molecule has 0 radical (unpaired) electrons. The van der Waals surface area contributed by atoms with E-state index in [-0.39, 0.29) is 0 Å². The van der Waals surface area contributed by atoms with Gasteiger partial charge in [-0.05, 0) is 49.9 Å². The zero-order chi connectivity index (χ0) is 15.1. The molecular weight excluding hydrogens is 290 g/mol. The Morgan fingerprint density at radius 3 is 2.19 bits per heavy atom. The summed E-state index contributed by atoms with van der Waals surface area (Å²) in [5.41, 5.74) is 3.80. The maximum Gasteiger partial charge on any atom is 0.329 e. The minimum atomic E-state index is -0.762. The van der Waals surface area contributed by atoms with Crippen molar-refractivity contribution in [1.29, 1.82) is 0 Å². The topological polar surface area (TPSA) is 70.6 Å². The first-order chi connectivity index (χ1) is 10.1. The lowest BCUT2D eigenvalue weighted by molar-refractivity contribution is -0.136. The van der Waals surface area contributed by atoms with Crippen molar-refractivity contribution >= 4 is 34.8 Å². The summed E-state index contributed by atoms with van der Waals surface area (Å²) in [5, 5.41) is 7.11. The number of carbonyl (C=O) groups excluding carboxylic acids is 2. The minimum absolute atomic E-state index is 0.515. The molecule has 6 heteroatoms. The van der Waals surface area contributed by atoms with E-state index in [0.29, 0.717) is 10.7 Å². The third kappa shape index (κ3) is 5.19. The predicted molar refractivity (Wildman–Crippen MR) is 83.4 cm³/mol. The van der Waals surface area contributed by atoms with Crippen molar-refractivity contribution in [2.24, 2.45) is 5.10 Å². The van der Waals surface area contributed by atoms with Gasteiger partial charge in [0.2, 0.25) is 0 Å². The Morgan fingerprint density at radius 2 is 1.57 bits per heavy atom. The third-order valence-corrected chi connectivity index (χ3v) is 3.56. The second-order valence-corrected chi connectivity index (χ2v) is 5.43. The number of hydrogen-bond acceptors (Lipinski definition) is 3. The summed E-state index contributed by atoms with van der Waals surface area (Å²) in [7, 11) is 0. The summed E-state index contributed by atoms with van der Waals surface area (Å²) in [6.07, 6.45) is 6.35. The molecule has 112 valence electrons. The van der Waals surface area contributed by atoms with E-state index in [1.807, 2.05) is 0 Å². The van der Waals surface area contributed by atoms with Crippen LogP contribution in [0.15, 0.2) is 29.4 Å². The van der Waals surface area contributed by atoms with Crippen molar-refractivity contribution in [2.45, 2.75) is 38.5 Å². The fourth-order valence-electron chi connectivity index (χ4n) is 2.15. The van der Waals surface area contributed by atoms with Crippen molar-refractivity contribution in [1.82, 2.24) is 5.43 Å². The Morgan fingerprint density at radius 1 is 0.952 bits per heavy atom. The summed E-state index contributed by atoms with van der Waals surface area (Å²) in [4.78, 5) is 23.4. The van der Waals surface area contributed by atoms with Gasteiger partial charge in [-0.25, -0.2) is 5.43 Å². The highest BCUT2D eigenvalue weighted by atomic mass is 35.5. The van der Waals surface area contributed by atoms with Crippen molar-refractivity contribution in [2.75, 3.05) is 5.32 Å². The average Bonchev–Trinajstić information content (AvgIpc) is 2.75. The molecule has 1 aliphatic carbocycles. The van der Waals surface area contributed by atoms with Gasteiger partial charge in [-0.1, -0.05) is 24.4 Å². The fraction of sp³-hybridized carbons (Fsp3) is 0.400. The van der Waals surface area contributed by atoms with E-state index < -0.39 is 11.8 Å². The lowest BCUT2D eigenvalue weighted by Crippen LogP contribution is -2.33. The Balaban J connectivity index is 1.86. The highest BCUT2D eigenvalue weighted by Gasteiger charge is 2.14. The van der Waals surface area contributed by atoms with Gasteiger partial charge in [-0.2, -0.15) is 5.10 Å². The molecule has 1 aromatic rings. The van der Waals surface area contributed by atoms with Crippen LogP contribution in [0.5, 0.6) is 0 Å². The van der Waals surface area contributed by atoms with E-state index in [4.69, 9.17) is 11.6 Å². The normalized spacial score (nSPS) is 15.0. The highest BCUT2D eigenvalue weighted by molar-refractivity contribution is 6.39. The second-order valence-electron chi connectivity index (χ2n) is 4.99. The molecule has 1 fully saturated rings.